The number of aliphatic carboxylic acids is 2. The van der Waals surface area contributed by atoms with Crippen molar-refractivity contribution in [3.05, 3.63) is 0 Å². The van der Waals surface area contributed by atoms with E-state index in [1.54, 1.807) is 6.92 Å². The van der Waals surface area contributed by atoms with E-state index in [0.29, 0.717) is 0 Å². The van der Waals surface area contributed by atoms with Crippen molar-refractivity contribution in [3.8, 4) is 0 Å². The van der Waals surface area contributed by atoms with Gasteiger partial charge in [-0.2, -0.15) is 0 Å². The zero-order chi connectivity index (χ0) is 20.2. The van der Waals surface area contributed by atoms with Crippen molar-refractivity contribution in [2.45, 2.75) is 109 Å². The molecule has 0 aromatic carbocycles. The Labute approximate surface area is 160 Å². The van der Waals surface area contributed by atoms with Crippen molar-refractivity contribution in [1.82, 2.24) is 0 Å². The molecule has 0 radical (unpaired) electrons. The molecule has 0 spiro atoms. The Morgan fingerprint density at radius 1 is 0.885 bits per heavy atom. The molecule has 0 aromatic rings. The van der Waals surface area contributed by atoms with Gasteiger partial charge in [0, 0.05) is 6.92 Å². The van der Waals surface area contributed by atoms with Gasteiger partial charge in [-0.15, -0.1) is 0 Å². The van der Waals surface area contributed by atoms with E-state index in [4.69, 9.17) is 5.11 Å². The second-order valence-electron chi connectivity index (χ2n) is 8.51. The zero-order valence-electron chi connectivity index (χ0n) is 17.7. The third-order valence-corrected chi connectivity index (χ3v) is 6.31. The highest BCUT2D eigenvalue weighted by molar-refractivity contribution is 5.83. The standard InChI is InChI=1S/C21H41NO4/c1-6-7-8-9-10-11-12-13-14-15-16-18(2)22(4,5)21(3,20(25)26)17-19(23)24/h18H,6-17H2,1-5H3,(H-,23,24,25,26)/p+1. The Morgan fingerprint density at radius 3 is 1.69 bits per heavy atom. The molecule has 5 heteroatoms. The van der Waals surface area contributed by atoms with Crippen molar-refractivity contribution in [2.75, 3.05) is 14.1 Å². The number of carbonyl (C=O) groups is 2. The zero-order valence-corrected chi connectivity index (χ0v) is 17.7. The number of quaternary nitrogens is 1. The smallest absolute Gasteiger partial charge is 0.366 e. The normalized spacial score (nSPS) is 15.4. The number of hydrogen-bond donors (Lipinski definition) is 2. The van der Waals surface area contributed by atoms with Gasteiger partial charge >= 0.3 is 11.9 Å². The fourth-order valence-electron chi connectivity index (χ4n) is 3.56. The summed E-state index contributed by atoms with van der Waals surface area (Å²) in [6, 6.07) is 0.101. The van der Waals surface area contributed by atoms with Gasteiger partial charge in [0.15, 0.2) is 0 Å². The van der Waals surface area contributed by atoms with E-state index in [1.165, 1.54) is 57.8 Å². The first-order valence-corrected chi connectivity index (χ1v) is 10.4. The molecule has 5 nitrogen and oxygen atoms in total. The summed E-state index contributed by atoms with van der Waals surface area (Å²) in [5.74, 6) is -2.10. The van der Waals surface area contributed by atoms with Crippen LogP contribution in [-0.4, -0.2) is 52.3 Å². The average Bonchev–Trinajstić information content (AvgIpc) is 2.55. The SMILES string of the molecule is CCCCCCCCCCCCC(C)[N+](C)(C)C(C)(CC(=O)O)C(=O)O. The number of unbranched alkanes of at least 4 members (excludes halogenated alkanes) is 9. The maximum Gasteiger partial charge on any atom is 0.366 e. The number of nitrogens with zero attached hydrogens (tertiary/aromatic N) is 1. The molecule has 2 N–H and O–H groups in total. The van der Waals surface area contributed by atoms with Crippen molar-refractivity contribution in [2.24, 2.45) is 0 Å². The fraction of sp³-hybridized carbons (Fsp3) is 0.905. The summed E-state index contributed by atoms with van der Waals surface area (Å²) < 4.78 is 0.187. The minimum Gasteiger partial charge on any atom is -0.481 e. The van der Waals surface area contributed by atoms with Crippen LogP contribution >= 0.6 is 0 Å². The molecule has 0 amide bonds. The predicted molar refractivity (Wildman–Crippen MR) is 106 cm³/mol. The van der Waals surface area contributed by atoms with Gasteiger partial charge in [-0.25, -0.2) is 4.79 Å². The molecule has 0 heterocycles. The van der Waals surface area contributed by atoms with Gasteiger partial charge in [0.2, 0.25) is 5.54 Å². The summed E-state index contributed by atoms with van der Waals surface area (Å²) in [4.78, 5) is 22.9. The van der Waals surface area contributed by atoms with Crippen LogP contribution < -0.4 is 0 Å². The third-order valence-electron chi connectivity index (χ3n) is 6.31. The number of likely N-dealkylation sites (N-methyl/N-ethyl adjacent to an activating group) is 1. The first kappa shape index (κ1) is 24.9. The van der Waals surface area contributed by atoms with Crippen LogP contribution in [0.3, 0.4) is 0 Å². The predicted octanol–water partition coefficient (Wildman–Crippen LogP) is 5.08. The average molecular weight is 373 g/mol. The molecule has 0 aliphatic carbocycles. The van der Waals surface area contributed by atoms with E-state index in [0.717, 1.165) is 12.8 Å². The van der Waals surface area contributed by atoms with Gasteiger partial charge in [-0.3, -0.25) is 4.79 Å². The van der Waals surface area contributed by atoms with E-state index >= 15 is 0 Å². The monoisotopic (exact) mass is 372 g/mol. The number of carboxylic acids is 2. The molecule has 0 aliphatic heterocycles. The molecular formula is C21H42NO4+. The molecule has 2 unspecified atom stereocenters. The van der Waals surface area contributed by atoms with Crippen LogP contribution in [0.4, 0.5) is 0 Å². The van der Waals surface area contributed by atoms with E-state index in [9.17, 15) is 14.7 Å². The van der Waals surface area contributed by atoms with Gasteiger partial charge in [-0.05, 0) is 19.8 Å². The molecule has 154 valence electrons. The van der Waals surface area contributed by atoms with E-state index in [-0.39, 0.29) is 16.9 Å². The van der Waals surface area contributed by atoms with Crippen LogP contribution in [0, 0.1) is 0 Å². The Kier molecular flexibility index (Phi) is 11.8. The van der Waals surface area contributed by atoms with Gasteiger partial charge < -0.3 is 14.7 Å². The Morgan fingerprint density at radius 2 is 1.31 bits per heavy atom. The molecular weight excluding hydrogens is 330 g/mol. The third kappa shape index (κ3) is 8.07. The highest BCUT2D eigenvalue weighted by Crippen LogP contribution is 2.30. The van der Waals surface area contributed by atoms with Crippen molar-refractivity contribution < 1.29 is 24.3 Å². The van der Waals surface area contributed by atoms with Crippen LogP contribution in [-0.2, 0) is 9.59 Å². The first-order chi connectivity index (χ1) is 12.1. The molecule has 0 saturated carbocycles. The lowest BCUT2D eigenvalue weighted by Crippen LogP contribution is -2.66. The Balaban J connectivity index is 4.22. The fourth-order valence-corrected chi connectivity index (χ4v) is 3.56. The number of hydrogen-bond acceptors (Lipinski definition) is 2. The van der Waals surface area contributed by atoms with Crippen LogP contribution in [0.1, 0.15) is 97.8 Å². The van der Waals surface area contributed by atoms with E-state index in [2.05, 4.69) is 6.92 Å². The maximum atomic E-state index is 11.8. The second-order valence-corrected chi connectivity index (χ2v) is 8.51. The molecule has 0 rings (SSSR count). The minimum atomic E-state index is -1.32. The van der Waals surface area contributed by atoms with Crippen LogP contribution in [0.15, 0.2) is 0 Å². The lowest BCUT2D eigenvalue weighted by atomic mass is 9.90. The Bertz CT molecular complexity index is 422. The molecule has 26 heavy (non-hydrogen) atoms. The van der Waals surface area contributed by atoms with Crippen molar-refractivity contribution in [3.63, 3.8) is 0 Å². The van der Waals surface area contributed by atoms with Gasteiger partial charge in [-0.1, -0.05) is 64.7 Å². The Hall–Kier alpha value is -1.10. The topological polar surface area (TPSA) is 74.6 Å². The lowest BCUT2D eigenvalue weighted by Gasteiger charge is -2.47. The largest absolute Gasteiger partial charge is 0.481 e. The summed E-state index contributed by atoms with van der Waals surface area (Å²) in [6.45, 7) is 5.83. The summed E-state index contributed by atoms with van der Waals surface area (Å²) in [5, 5.41) is 18.8. The maximum absolute atomic E-state index is 11.8. The second kappa shape index (κ2) is 12.3. The first-order valence-electron chi connectivity index (χ1n) is 10.4. The highest BCUT2D eigenvalue weighted by atomic mass is 16.4. The molecule has 2 atom stereocenters. The van der Waals surface area contributed by atoms with Crippen LogP contribution in [0.2, 0.25) is 0 Å². The van der Waals surface area contributed by atoms with Crippen LogP contribution in [0.5, 0.6) is 0 Å². The van der Waals surface area contributed by atoms with Gasteiger partial charge in [0.1, 0.15) is 6.42 Å². The summed E-state index contributed by atoms with van der Waals surface area (Å²) in [5.41, 5.74) is -1.32. The van der Waals surface area contributed by atoms with Crippen LogP contribution in [0.25, 0.3) is 0 Å². The summed E-state index contributed by atoms with van der Waals surface area (Å²) in [6.07, 6.45) is 13.3. The molecule has 0 saturated heterocycles. The van der Waals surface area contributed by atoms with Gasteiger partial charge in [0.25, 0.3) is 0 Å². The quantitative estimate of drug-likeness (QED) is 0.293. The van der Waals surface area contributed by atoms with E-state index < -0.39 is 17.5 Å². The van der Waals surface area contributed by atoms with Gasteiger partial charge in [0.05, 0.1) is 20.1 Å². The van der Waals surface area contributed by atoms with Crippen molar-refractivity contribution in [1.29, 1.82) is 0 Å². The summed E-state index contributed by atoms with van der Waals surface area (Å²) in [7, 11) is 3.69. The molecule has 0 aliphatic rings. The number of carboxylic acid groups (broad SMARTS) is 2. The summed E-state index contributed by atoms with van der Waals surface area (Å²) >= 11 is 0. The molecule has 0 aromatic heterocycles. The van der Waals surface area contributed by atoms with Crippen molar-refractivity contribution >= 4 is 11.9 Å². The molecule has 0 bridgehead atoms. The lowest BCUT2D eigenvalue weighted by molar-refractivity contribution is -0.951. The number of rotatable bonds is 16. The molecule has 0 fully saturated rings. The highest BCUT2D eigenvalue weighted by Gasteiger charge is 2.52. The van der Waals surface area contributed by atoms with E-state index in [1.807, 2.05) is 21.0 Å². The minimum absolute atomic E-state index is 0.101.